The zero-order valence-corrected chi connectivity index (χ0v) is 8.24. The molecule has 0 aromatic rings. The summed E-state index contributed by atoms with van der Waals surface area (Å²) >= 11 is 0. The zero-order valence-electron chi connectivity index (χ0n) is 8.24. The van der Waals surface area contributed by atoms with Gasteiger partial charge in [-0.05, 0) is 19.4 Å². The first-order valence-corrected chi connectivity index (χ1v) is 4.93. The average molecular weight is 199 g/mol. The highest BCUT2D eigenvalue weighted by atomic mass is 16.1. The maximum Gasteiger partial charge on any atom is 0.234 e. The minimum absolute atomic E-state index is 0.205. The lowest BCUT2D eigenvalue weighted by atomic mass is 10.0. The number of likely N-dealkylation sites (tertiary alicyclic amines) is 1. The SMILES string of the molecule is NC(=O)CCN1CCCCC1C(N)=O. The van der Waals surface area contributed by atoms with Crippen molar-refractivity contribution in [3.63, 3.8) is 0 Å². The van der Waals surface area contributed by atoms with Crippen LogP contribution >= 0.6 is 0 Å². The molecule has 0 radical (unpaired) electrons. The maximum atomic E-state index is 11.1. The van der Waals surface area contributed by atoms with Crippen LogP contribution in [0.2, 0.25) is 0 Å². The fourth-order valence-electron chi connectivity index (χ4n) is 1.83. The lowest BCUT2D eigenvalue weighted by Gasteiger charge is -2.33. The van der Waals surface area contributed by atoms with Gasteiger partial charge in [-0.1, -0.05) is 6.42 Å². The van der Waals surface area contributed by atoms with E-state index in [2.05, 4.69) is 0 Å². The van der Waals surface area contributed by atoms with E-state index in [1.165, 1.54) is 0 Å². The molecule has 0 aliphatic carbocycles. The van der Waals surface area contributed by atoms with Crippen LogP contribution in [0.5, 0.6) is 0 Å². The summed E-state index contributed by atoms with van der Waals surface area (Å²) in [5, 5.41) is 0. The molecule has 0 spiro atoms. The van der Waals surface area contributed by atoms with Gasteiger partial charge in [0.25, 0.3) is 0 Å². The van der Waals surface area contributed by atoms with E-state index in [9.17, 15) is 9.59 Å². The molecule has 14 heavy (non-hydrogen) atoms. The van der Waals surface area contributed by atoms with Crippen molar-refractivity contribution in [3.8, 4) is 0 Å². The molecule has 0 bridgehead atoms. The van der Waals surface area contributed by atoms with Gasteiger partial charge in [-0.25, -0.2) is 0 Å². The molecule has 1 rings (SSSR count). The molecule has 4 N–H and O–H groups in total. The van der Waals surface area contributed by atoms with Crippen LogP contribution in [-0.2, 0) is 9.59 Å². The predicted octanol–water partition coefficient (Wildman–Crippen LogP) is -0.798. The van der Waals surface area contributed by atoms with Crippen LogP contribution in [0.15, 0.2) is 0 Å². The Morgan fingerprint density at radius 2 is 2.00 bits per heavy atom. The second kappa shape index (κ2) is 4.95. The van der Waals surface area contributed by atoms with Crippen molar-refractivity contribution in [1.29, 1.82) is 0 Å². The van der Waals surface area contributed by atoms with Crippen LogP contribution in [0.1, 0.15) is 25.7 Å². The summed E-state index contributed by atoms with van der Waals surface area (Å²) in [5.74, 6) is -0.632. The van der Waals surface area contributed by atoms with Crippen molar-refractivity contribution in [2.75, 3.05) is 13.1 Å². The van der Waals surface area contributed by atoms with E-state index in [0.29, 0.717) is 13.0 Å². The quantitative estimate of drug-likeness (QED) is 0.621. The summed E-state index contributed by atoms with van der Waals surface area (Å²) in [5.41, 5.74) is 10.3. The highest BCUT2D eigenvalue weighted by Gasteiger charge is 2.26. The van der Waals surface area contributed by atoms with Crippen LogP contribution in [0.3, 0.4) is 0 Å². The molecule has 1 heterocycles. The number of nitrogens with two attached hydrogens (primary N) is 2. The summed E-state index contributed by atoms with van der Waals surface area (Å²) in [4.78, 5) is 23.6. The second-order valence-corrected chi connectivity index (χ2v) is 3.67. The Hall–Kier alpha value is -1.10. The molecule has 5 heteroatoms. The van der Waals surface area contributed by atoms with E-state index in [0.717, 1.165) is 25.8 Å². The molecule has 5 nitrogen and oxygen atoms in total. The van der Waals surface area contributed by atoms with E-state index in [4.69, 9.17) is 11.5 Å². The first kappa shape index (κ1) is 11.0. The molecule has 1 unspecified atom stereocenters. The number of nitrogens with zero attached hydrogens (tertiary/aromatic N) is 1. The molecule has 0 saturated carbocycles. The van der Waals surface area contributed by atoms with Crippen molar-refractivity contribution in [2.24, 2.45) is 11.5 Å². The largest absolute Gasteiger partial charge is 0.370 e. The van der Waals surface area contributed by atoms with Gasteiger partial charge in [-0.2, -0.15) is 0 Å². The molecular formula is C9H17N3O2. The van der Waals surface area contributed by atoms with E-state index in [1.54, 1.807) is 0 Å². The van der Waals surface area contributed by atoms with Crippen LogP contribution < -0.4 is 11.5 Å². The molecule has 1 saturated heterocycles. The molecule has 1 aliphatic heterocycles. The number of hydrogen-bond acceptors (Lipinski definition) is 3. The number of piperidine rings is 1. The Bertz CT molecular complexity index is 230. The Morgan fingerprint density at radius 1 is 1.29 bits per heavy atom. The molecule has 0 aromatic carbocycles. The average Bonchev–Trinajstić information content (AvgIpc) is 2.15. The first-order valence-electron chi connectivity index (χ1n) is 4.93. The molecular weight excluding hydrogens is 182 g/mol. The van der Waals surface area contributed by atoms with Gasteiger partial charge in [0.2, 0.25) is 11.8 Å². The van der Waals surface area contributed by atoms with Gasteiger partial charge in [0.1, 0.15) is 0 Å². The summed E-state index contributed by atoms with van der Waals surface area (Å²) in [6.07, 6.45) is 3.18. The molecule has 80 valence electrons. The normalized spacial score (nSPS) is 23.3. The zero-order chi connectivity index (χ0) is 10.6. The van der Waals surface area contributed by atoms with E-state index in [-0.39, 0.29) is 17.9 Å². The standard InChI is InChI=1S/C9H17N3O2/c10-8(13)4-6-12-5-2-1-3-7(12)9(11)14/h7H,1-6H2,(H2,10,13)(H2,11,14). The van der Waals surface area contributed by atoms with Crippen molar-refractivity contribution in [2.45, 2.75) is 31.7 Å². The van der Waals surface area contributed by atoms with Gasteiger partial charge >= 0.3 is 0 Å². The smallest absolute Gasteiger partial charge is 0.234 e. The van der Waals surface area contributed by atoms with Gasteiger partial charge < -0.3 is 11.5 Å². The fourth-order valence-corrected chi connectivity index (χ4v) is 1.83. The first-order chi connectivity index (χ1) is 6.61. The Balaban J connectivity index is 2.45. The van der Waals surface area contributed by atoms with Crippen LogP contribution in [-0.4, -0.2) is 35.8 Å². The number of hydrogen-bond donors (Lipinski definition) is 2. The number of rotatable bonds is 4. The minimum Gasteiger partial charge on any atom is -0.370 e. The topological polar surface area (TPSA) is 89.4 Å². The number of carbonyl (C=O) groups excluding carboxylic acids is 2. The maximum absolute atomic E-state index is 11.1. The Labute approximate surface area is 83.4 Å². The van der Waals surface area contributed by atoms with Gasteiger partial charge in [0.15, 0.2) is 0 Å². The summed E-state index contributed by atoms with van der Waals surface area (Å²) in [6.45, 7) is 1.38. The van der Waals surface area contributed by atoms with E-state index in [1.807, 2.05) is 4.90 Å². The van der Waals surface area contributed by atoms with Crippen LogP contribution in [0.25, 0.3) is 0 Å². The second-order valence-electron chi connectivity index (χ2n) is 3.67. The molecule has 1 atom stereocenters. The third kappa shape index (κ3) is 2.99. The predicted molar refractivity (Wildman–Crippen MR) is 52.2 cm³/mol. The van der Waals surface area contributed by atoms with E-state index < -0.39 is 0 Å². The van der Waals surface area contributed by atoms with Gasteiger partial charge in [-0.15, -0.1) is 0 Å². The number of carbonyl (C=O) groups is 2. The van der Waals surface area contributed by atoms with Gasteiger partial charge in [0, 0.05) is 13.0 Å². The van der Waals surface area contributed by atoms with Gasteiger partial charge in [-0.3, -0.25) is 14.5 Å². The molecule has 1 fully saturated rings. The molecule has 2 amide bonds. The van der Waals surface area contributed by atoms with Crippen molar-refractivity contribution < 1.29 is 9.59 Å². The lowest BCUT2D eigenvalue weighted by molar-refractivity contribution is -0.125. The van der Waals surface area contributed by atoms with Crippen molar-refractivity contribution in [1.82, 2.24) is 4.90 Å². The summed E-state index contributed by atoms with van der Waals surface area (Å²) < 4.78 is 0. The lowest BCUT2D eigenvalue weighted by Crippen LogP contribution is -2.48. The number of primary amides is 2. The summed E-state index contributed by atoms with van der Waals surface area (Å²) in [6, 6.07) is -0.205. The highest BCUT2D eigenvalue weighted by molar-refractivity contribution is 5.80. The minimum atomic E-state index is -0.334. The van der Waals surface area contributed by atoms with Crippen LogP contribution in [0.4, 0.5) is 0 Å². The fraction of sp³-hybridized carbons (Fsp3) is 0.778. The third-order valence-corrected chi connectivity index (χ3v) is 2.59. The van der Waals surface area contributed by atoms with Crippen LogP contribution in [0, 0.1) is 0 Å². The van der Waals surface area contributed by atoms with Crippen molar-refractivity contribution in [3.05, 3.63) is 0 Å². The van der Waals surface area contributed by atoms with Gasteiger partial charge in [0.05, 0.1) is 6.04 Å². The monoisotopic (exact) mass is 199 g/mol. The van der Waals surface area contributed by atoms with E-state index >= 15 is 0 Å². The summed E-state index contributed by atoms with van der Waals surface area (Å²) in [7, 11) is 0. The Kier molecular flexibility index (Phi) is 3.88. The third-order valence-electron chi connectivity index (χ3n) is 2.59. The van der Waals surface area contributed by atoms with Crippen molar-refractivity contribution >= 4 is 11.8 Å². The number of amides is 2. The Morgan fingerprint density at radius 3 is 2.57 bits per heavy atom. The molecule has 1 aliphatic rings. The highest BCUT2D eigenvalue weighted by Crippen LogP contribution is 2.16. The molecule has 0 aromatic heterocycles.